The molecular weight excluding hydrogens is 392 g/mol. The Morgan fingerprint density at radius 3 is 1.48 bits per heavy atom. The van der Waals surface area contributed by atoms with Crippen LogP contribution in [-0.2, 0) is 0 Å². The lowest BCUT2D eigenvalue weighted by Crippen LogP contribution is -2.08. The highest BCUT2D eigenvalue weighted by Gasteiger charge is 2.14. The van der Waals surface area contributed by atoms with Gasteiger partial charge in [0.2, 0.25) is 0 Å². The van der Waals surface area contributed by atoms with Gasteiger partial charge < -0.3 is 18.9 Å². The van der Waals surface area contributed by atoms with Crippen molar-refractivity contribution in [2.75, 3.05) is 38.9 Å². The maximum absolute atomic E-state index is 12.5. The van der Waals surface area contributed by atoms with Gasteiger partial charge in [-0.1, -0.05) is 0 Å². The van der Waals surface area contributed by atoms with Crippen molar-refractivity contribution >= 4 is 23.3 Å². The van der Waals surface area contributed by atoms with Crippen LogP contribution in [0.5, 0.6) is 23.0 Å². The molecule has 0 fully saturated rings. The van der Waals surface area contributed by atoms with Crippen LogP contribution in [0.4, 0.5) is 0 Å². The Morgan fingerprint density at radius 1 is 0.724 bits per heavy atom. The normalized spacial score (nSPS) is 10.3. The summed E-state index contributed by atoms with van der Waals surface area (Å²) in [7, 11) is 3.11. The topological polar surface area (TPSA) is 71.1 Å². The number of methoxy groups -OCH3 is 2. The number of Topliss-reactive ketones (excluding diaryl/α,β-unsaturated/α-hetero) is 2. The Labute approximate surface area is 175 Å². The molecule has 0 atom stereocenters. The third kappa shape index (κ3) is 6.15. The summed E-state index contributed by atoms with van der Waals surface area (Å²) in [5.74, 6) is 2.46. The Bertz CT molecular complexity index is 780. The van der Waals surface area contributed by atoms with Crippen molar-refractivity contribution in [3.8, 4) is 23.0 Å². The molecule has 0 aliphatic heterocycles. The molecule has 0 N–H and O–H groups in total. The molecule has 2 aromatic rings. The number of ether oxygens (including phenoxy) is 4. The molecule has 6 nitrogen and oxygen atoms in total. The Hall–Kier alpha value is -2.67. The minimum atomic E-state index is -0.0730. The van der Waals surface area contributed by atoms with Gasteiger partial charge in [0, 0.05) is 11.1 Å². The third-order valence-electron chi connectivity index (χ3n) is 4.04. The van der Waals surface area contributed by atoms with E-state index in [1.165, 1.54) is 11.8 Å². The van der Waals surface area contributed by atoms with E-state index >= 15 is 0 Å². The number of carbonyl (C=O) groups is 2. The van der Waals surface area contributed by atoms with Gasteiger partial charge in [-0.15, -0.1) is 11.8 Å². The van der Waals surface area contributed by atoms with Crippen LogP contribution in [0.25, 0.3) is 0 Å². The number of hydrogen-bond acceptors (Lipinski definition) is 7. The van der Waals surface area contributed by atoms with Crippen LogP contribution in [0.2, 0.25) is 0 Å². The Morgan fingerprint density at radius 2 is 1.14 bits per heavy atom. The fourth-order valence-electron chi connectivity index (χ4n) is 2.64. The Kier molecular flexibility index (Phi) is 8.86. The zero-order valence-corrected chi connectivity index (χ0v) is 18.0. The molecule has 0 bridgehead atoms. The van der Waals surface area contributed by atoms with E-state index in [0.29, 0.717) is 47.3 Å². The predicted octanol–water partition coefficient (Wildman–Crippen LogP) is 4.30. The summed E-state index contributed by atoms with van der Waals surface area (Å²) in [5, 5.41) is 0. The molecule has 2 rings (SSSR count). The van der Waals surface area contributed by atoms with E-state index in [4.69, 9.17) is 18.9 Å². The molecule has 0 aliphatic rings. The second-order valence-corrected chi connectivity index (χ2v) is 6.92. The van der Waals surface area contributed by atoms with Gasteiger partial charge in [-0.05, 0) is 50.2 Å². The van der Waals surface area contributed by atoms with Crippen molar-refractivity contribution in [2.45, 2.75) is 13.8 Å². The highest BCUT2D eigenvalue weighted by molar-refractivity contribution is 8.00. The number of thioether (sulfide) groups is 1. The molecule has 0 aromatic heterocycles. The lowest BCUT2D eigenvalue weighted by Gasteiger charge is -2.11. The minimum Gasteiger partial charge on any atom is -0.493 e. The molecule has 0 saturated carbocycles. The highest BCUT2D eigenvalue weighted by atomic mass is 32.2. The zero-order valence-electron chi connectivity index (χ0n) is 17.2. The Balaban J connectivity index is 1.97. The molecule has 0 unspecified atom stereocenters. The molecule has 0 heterocycles. The number of hydrogen-bond donors (Lipinski definition) is 0. The maximum atomic E-state index is 12.5. The zero-order chi connectivity index (χ0) is 21.2. The second-order valence-electron chi connectivity index (χ2n) is 5.94. The standard InChI is InChI=1S/C22H26O6S/c1-5-27-21-11-15(7-9-19(21)25-3)17(23)13-29-14-18(24)16-8-10-20(26-4)22(12-16)28-6-2/h7-12H,5-6,13-14H2,1-4H3. The molecule has 0 amide bonds. The summed E-state index contributed by atoms with van der Waals surface area (Å²) in [6, 6.07) is 10.2. The highest BCUT2D eigenvalue weighted by Crippen LogP contribution is 2.30. The third-order valence-corrected chi connectivity index (χ3v) is 4.97. The fourth-order valence-corrected chi connectivity index (χ4v) is 3.45. The van der Waals surface area contributed by atoms with E-state index in [1.807, 2.05) is 13.8 Å². The van der Waals surface area contributed by atoms with Crippen LogP contribution in [0.3, 0.4) is 0 Å². The molecule has 0 aliphatic carbocycles. The SMILES string of the molecule is CCOc1cc(C(=O)CSCC(=O)c2ccc(OC)c(OCC)c2)ccc1OC. The van der Waals surface area contributed by atoms with E-state index < -0.39 is 0 Å². The smallest absolute Gasteiger partial charge is 0.172 e. The van der Waals surface area contributed by atoms with Crippen molar-refractivity contribution in [1.29, 1.82) is 0 Å². The lowest BCUT2D eigenvalue weighted by molar-refractivity contribution is 0.101. The van der Waals surface area contributed by atoms with Crippen LogP contribution in [0, 0.1) is 0 Å². The van der Waals surface area contributed by atoms with Gasteiger partial charge in [0.1, 0.15) is 0 Å². The van der Waals surface area contributed by atoms with Crippen LogP contribution >= 0.6 is 11.8 Å². The van der Waals surface area contributed by atoms with Gasteiger partial charge in [0.05, 0.1) is 38.9 Å². The number of carbonyl (C=O) groups excluding carboxylic acids is 2. The molecule has 7 heteroatoms. The average molecular weight is 419 g/mol. The van der Waals surface area contributed by atoms with Crippen molar-refractivity contribution < 1.29 is 28.5 Å². The summed E-state index contributed by atoms with van der Waals surface area (Å²) >= 11 is 1.27. The first kappa shape index (κ1) is 22.6. The first-order valence-corrected chi connectivity index (χ1v) is 10.4. The monoisotopic (exact) mass is 418 g/mol. The van der Waals surface area contributed by atoms with E-state index in [1.54, 1.807) is 50.6 Å². The van der Waals surface area contributed by atoms with Crippen LogP contribution < -0.4 is 18.9 Å². The second kappa shape index (κ2) is 11.4. The quantitative estimate of drug-likeness (QED) is 0.476. The lowest BCUT2D eigenvalue weighted by atomic mass is 10.1. The van der Waals surface area contributed by atoms with Gasteiger partial charge in [0.25, 0.3) is 0 Å². The largest absolute Gasteiger partial charge is 0.493 e. The van der Waals surface area contributed by atoms with Crippen LogP contribution in [0.1, 0.15) is 34.6 Å². The van der Waals surface area contributed by atoms with Crippen LogP contribution in [-0.4, -0.2) is 50.5 Å². The molecule has 0 spiro atoms. The van der Waals surface area contributed by atoms with Gasteiger partial charge in [-0.25, -0.2) is 0 Å². The summed E-state index contributed by atoms with van der Waals surface area (Å²) in [6.45, 7) is 4.68. The van der Waals surface area contributed by atoms with Gasteiger partial charge >= 0.3 is 0 Å². The van der Waals surface area contributed by atoms with Crippen molar-refractivity contribution in [2.24, 2.45) is 0 Å². The summed E-state index contributed by atoms with van der Waals surface area (Å²) in [4.78, 5) is 25.0. The molecular formula is C22H26O6S. The van der Waals surface area contributed by atoms with E-state index in [-0.39, 0.29) is 23.1 Å². The number of ketones is 2. The summed E-state index contributed by atoms with van der Waals surface area (Å²) in [6.07, 6.45) is 0. The first-order valence-electron chi connectivity index (χ1n) is 9.29. The van der Waals surface area contributed by atoms with Gasteiger partial charge in [-0.3, -0.25) is 9.59 Å². The predicted molar refractivity (Wildman–Crippen MR) is 114 cm³/mol. The number of rotatable bonds is 12. The van der Waals surface area contributed by atoms with Gasteiger partial charge in [-0.2, -0.15) is 0 Å². The minimum absolute atomic E-state index is 0.0730. The molecule has 2 aromatic carbocycles. The first-order chi connectivity index (χ1) is 14.0. The van der Waals surface area contributed by atoms with E-state index in [9.17, 15) is 9.59 Å². The van der Waals surface area contributed by atoms with E-state index in [0.717, 1.165) is 0 Å². The van der Waals surface area contributed by atoms with Crippen molar-refractivity contribution in [3.05, 3.63) is 47.5 Å². The molecule has 0 saturated heterocycles. The molecule has 0 radical (unpaired) electrons. The van der Waals surface area contributed by atoms with E-state index in [2.05, 4.69) is 0 Å². The summed E-state index contributed by atoms with van der Waals surface area (Å²) < 4.78 is 21.5. The van der Waals surface area contributed by atoms with Crippen LogP contribution in [0.15, 0.2) is 36.4 Å². The summed E-state index contributed by atoms with van der Waals surface area (Å²) in [5.41, 5.74) is 1.05. The van der Waals surface area contributed by atoms with Gasteiger partial charge in [0.15, 0.2) is 34.6 Å². The maximum Gasteiger partial charge on any atom is 0.172 e. The molecule has 156 valence electrons. The van der Waals surface area contributed by atoms with Crippen molar-refractivity contribution in [1.82, 2.24) is 0 Å². The fraction of sp³-hybridized carbons (Fsp3) is 0.364. The average Bonchev–Trinajstić information content (AvgIpc) is 2.74. The van der Waals surface area contributed by atoms with Crippen molar-refractivity contribution in [3.63, 3.8) is 0 Å². The number of benzene rings is 2. The molecule has 29 heavy (non-hydrogen) atoms.